The van der Waals surface area contributed by atoms with E-state index in [4.69, 9.17) is 4.74 Å². The van der Waals surface area contributed by atoms with E-state index in [1.165, 1.54) is 22.3 Å². The highest BCUT2D eigenvalue weighted by atomic mass is 16.6. The summed E-state index contributed by atoms with van der Waals surface area (Å²) in [4.78, 5) is 14.3. The molecule has 1 aromatic carbocycles. The highest BCUT2D eigenvalue weighted by molar-refractivity contribution is 5.78. The number of nitrogens with zero attached hydrogens (tertiary/aromatic N) is 1. The molecule has 2 rings (SSSR count). The van der Waals surface area contributed by atoms with Crippen molar-refractivity contribution < 1.29 is 9.53 Å². The maximum absolute atomic E-state index is 12.4. The number of benzene rings is 1. The van der Waals surface area contributed by atoms with E-state index in [2.05, 4.69) is 38.1 Å². The van der Waals surface area contributed by atoms with E-state index >= 15 is 0 Å². The van der Waals surface area contributed by atoms with Crippen molar-refractivity contribution in [2.75, 3.05) is 13.1 Å². The van der Waals surface area contributed by atoms with Gasteiger partial charge in [0.1, 0.15) is 5.60 Å². The zero-order chi connectivity index (χ0) is 17.0. The van der Waals surface area contributed by atoms with E-state index in [1.54, 1.807) is 0 Å². The molecule has 0 atom stereocenters. The van der Waals surface area contributed by atoms with Gasteiger partial charge in [0.15, 0.2) is 0 Å². The Hall–Kier alpha value is -1.77. The fourth-order valence-corrected chi connectivity index (χ4v) is 3.05. The van der Waals surface area contributed by atoms with E-state index in [9.17, 15) is 4.79 Å². The molecule has 0 spiro atoms. The monoisotopic (exact) mass is 315 g/mol. The number of hydrogen-bond acceptors (Lipinski definition) is 2. The van der Waals surface area contributed by atoms with Gasteiger partial charge in [-0.2, -0.15) is 0 Å². The number of ether oxygens (including phenoxy) is 1. The van der Waals surface area contributed by atoms with Crippen LogP contribution in [0.5, 0.6) is 0 Å². The van der Waals surface area contributed by atoms with Crippen LogP contribution in [0.25, 0.3) is 5.57 Å². The van der Waals surface area contributed by atoms with Crippen LogP contribution in [0.15, 0.2) is 29.8 Å². The summed E-state index contributed by atoms with van der Waals surface area (Å²) in [6.45, 7) is 11.5. The lowest BCUT2D eigenvalue weighted by Crippen LogP contribution is -2.40. The zero-order valence-corrected chi connectivity index (χ0v) is 15.1. The minimum atomic E-state index is -0.451. The number of aryl methyl sites for hydroxylation is 1. The third kappa shape index (κ3) is 4.60. The van der Waals surface area contributed by atoms with Crippen molar-refractivity contribution in [2.45, 2.75) is 59.5 Å². The van der Waals surface area contributed by atoms with Crippen LogP contribution < -0.4 is 0 Å². The Labute approximate surface area is 140 Å². The van der Waals surface area contributed by atoms with Crippen LogP contribution in [-0.2, 0) is 4.74 Å². The lowest BCUT2D eigenvalue weighted by molar-refractivity contribution is 0.0270. The molecule has 0 N–H and O–H groups in total. The summed E-state index contributed by atoms with van der Waals surface area (Å²) >= 11 is 0. The highest BCUT2D eigenvalue weighted by Crippen LogP contribution is 2.31. The average molecular weight is 315 g/mol. The van der Waals surface area contributed by atoms with Gasteiger partial charge in [-0.25, -0.2) is 4.79 Å². The molecule has 1 aromatic rings. The first-order chi connectivity index (χ1) is 10.8. The van der Waals surface area contributed by atoms with Crippen molar-refractivity contribution in [3.8, 4) is 0 Å². The van der Waals surface area contributed by atoms with Gasteiger partial charge in [0, 0.05) is 13.1 Å². The van der Waals surface area contributed by atoms with Gasteiger partial charge in [0.2, 0.25) is 0 Å². The molecular weight excluding hydrogens is 286 g/mol. The molecule has 0 aromatic heterocycles. The number of carbonyl (C=O) groups is 1. The average Bonchev–Trinajstić information content (AvgIpc) is 2.47. The topological polar surface area (TPSA) is 29.5 Å². The summed E-state index contributed by atoms with van der Waals surface area (Å²) in [6.07, 6.45) is 2.97. The predicted molar refractivity (Wildman–Crippen MR) is 95.4 cm³/mol. The van der Waals surface area contributed by atoms with Gasteiger partial charge in [-0.05, 0) is 57.2 Å². The summed E-state index contributed by atoms with van der Waals surface area (Å²) in [7, 11) is 0. The molecule has 1 aliphatic heterocycles. The van der Waals surface area contributed by atoms with Crippen LogP contribution in [0.2, 0.25) is 0 Å². The second kappa shape index (κ2) is 7.20. The normalized spacial score (nSPS) is 15.8. The Morgan fingerprint density at radius 3 is 2.57 bits per heavy atom. The number of hydrogen-bond donors (Lipinski definition) is 0. The van der Waals surface area contributed by atoms with Crippen molar-refractivity contribution in [1.82, 2.24) is 4.90 Å². The molecule has 0 aliphatic carbocycles. The fourth-order valence-electron chi connectivity index (χ4n) is 3.05. The van der Waals surface area contributed by atoms with Crippen LogP contribution in [0.4, 0.5) is 4.79 Å². The lowest BCUT2D eigenvalue weighted by Gasteiger charge is -2.33. The molecular formula is C20H29NO2. The fraction of sp³-hybridized carbons (Fsp3) is 0.550. The number of rotatable bonds is 3. The van der Waals surface area contributed by atoms with Gasteiger partial charge < -0.3 is 9.64 Å². The third-order valence-electron chi connectivity index (χ3n) is 4.13. The third-order valence-corrected chi connectivity index (χ3v) is 4.13. The summed E-state index contributed by atoms with van der Waals surface area (Å²) < 4.78 is 5.55. The van der Waals surface area contributed by atoms with E-state index in [0.29, 0.717) is 6.54 Å². The standard InChI is InChI=1S/C20H29NO2/c1-6-9-16-12-13-21(19(22)23-20(3,4)5)14-18(16)17-11-8-7-10-15(17)2/h7-8,10-11H,6,9,12-14H2,1-5H3. The van der Waals surface area contributed by atoms with E-state index in [1.807, 2.05) is 25.7 Å². The van der Waals surface area contributed by atoms with Crippen molar-refractivity contribution in [3.63, 3.8) is 0 Å². The molecule has 0 radical (unpaired) electrons. The molecule has 0 fully saturated rings. The van der Waals surface area contributed by atoms with Crippen LogP contribution in [0.1, 0.15) is 58.1 Å². The second-order valence-corrected chi connectivity index (χ2v) is 7.30. The molecule has 1 aliphatic rings. The Morgan fingerprint density at radius 2 is 1.96 bits per heavy atom. The van der Waals surface area contributed by atoms with Crippen molar-refractivity contribution in [3.05, 3.63) is 41.0 Å². The molecule has 0 bridgehead atoms. The molecule has 3 nitrogen and oxygen atoms in total. The van der Waals surface area contributed by atoms with E-state index < -0.39 is 5.60 Å². The zero-order valence-electron chi connectivity index (χ0n) is 15.1. The SMILES string of the molecule is CCCC1=C(c2ccccc2C)CN(C(=O)OC(C)(C)C)CC1. The molecule has 23 heavy (non-hydrogen) atoms. The first kappa shape index (κ1) is 17.6. The van der Waals surface area contributed by atoms with Gasteiger partial charge in [-0.3, -0.25) is 0 Å². The Morgan fingerprint density at radius 1 is 1.26 bits per heavy atom. The maximum atomic E-state index is 12.4. The van der Waals surface area contributed by atoms with Crippen LogP contribution in [0.3, 0.4) is 0 Å². The van der Waals surface area contributed by atoms with Gasteiger partial charge in [0.05, 0.1) is 0 Å². The largest absolute Gasteiger partial charge is 0.444 e. The molecule has 0 saturated heterocycles. The Balaban J connectivity index is 2.28. The second-order valence-electron chi connectivity index (χ2n) is 7.30. The smallest absolute Gasteiger partial charge is 0.410 e. The highest BCUT2D eigenvalue weighted by Gasteiger charge is 2.27. The maximum Gasteiger partial charge on any atom is 0.410 e. The van der Waals surface area contributed by atoms with Gasteiger partial charge in [0.25, 0.3) is 0 Å². The van der Waals surface area contributed by atoms with E-state index in [-0.39, 0.29) is 6.09 Å². The number of amides is 1. The Kier molecular flexibility index (Phi) is 5.51. The van der Waals surface area contributed by atoms with E-state index in [0.717, 1.165) is 25.8 Å². The van der Waals surface area contributed by atoms with Crippen molar-refractivity contribution in [2.24, 2.45) is 0 Å². The van der Waals surface area contributed by atoms with Gasteiger partial charge >= 0.3 is 6.09 Å². The molecule has 126 valence electrons. The molecule has 0 saturated carbocycles. The predicted octanol–water partition coefficient (Wildman–Crippen LogP) is 5.19. The minimum absolute atomic E-state index is 0.209. The lowest BCUT2D eigenvalue weighted by atomic mass is 9.89. The summed E-state index contributed by atoms with van der Waals surface area (Å²) in [5, 5.41) is 0. The first-order valence-corrected chi connectivity index (χ1v) is 8.56. The summed E-state index contributed by atoms with van der Waals surface area (Å²) in [5.41, 5.74) is 4.88. The van der Waals surface area contributed by atoms with Gasteiger partial charge in [-0.1, -0.05) is 43.2 Å². The molecule has 0 unspecified atom stereocenters. The first-order valence-electron chi connectivity index (χ1n) is 8.56. The van der Waals surface area contributed by atoms with Crippen molar-refractivity contribution in [1.29, 1.82) is 0 Å². The quantitative estimate of drug-likeness (QED) is 0.768. The van der Waals surface area contributed by atoms with Crippen LogP contribution in [-0.4, -0.2) is 29.7 Å². The summed E-state index contributed by atoms with van der Waals surface area (Å²) in [6, 6.07) is 8.44. The van der Waals surface area contributed by atoms with Crippen molar-refractivity contribution >= 4 is 11.7 Å². The number of carbonyl (C=O) groups excluding carboxylic acids is 1. The van der Waals surface area contributed by atoms with Crippen LogP contribution >= 0.6 is 0 Å². The van der Waals surface area contributed by atoms with Crippen LogP contribution in [0, 0.1) is 6.92 Å². The summed E-state index contributed by atoms with van der Waals surface area (Å²) in [5.74, 6) is 0. The molecule has 3 heteroatoms. The van der Waals surface area contributed by atoms with Gasteiger partial charge in [-0.15, -0.1) is 0 Å². The molecule has 1 amide bonds. The Bertz CT molecular complexity index is 596. The minimum Gasteiger partial charge on any atom is -0.444 e. The molecule has 1 heterocycles.